The molecular weight excluding hydrogens is 234 g/mol. The Hall–Kier alpha value is -1.85. The summed E-state index contributed by atoms with van der Waals surface area (Å²) in [5.74, 6) is -1.20. The second kappa shape index (κ2) is 4.80. The number of aliphatic carboxylic acids is 1. The van der Waals surface area contributed by atoms with E-state index in [0.29, 0.717) is 12.8 Å². The summed E-state index contributed by atoms with van der Waals surface area (Å²) in [4.78, 5) is 22.4. The number of carboxylic acid groups (broad SMARTS) is 1. The van der Waals surface area contributed by atoms with E-state index >= 15 is 0 Å². The number of nitrogens with zero attached hydrogens (tertiary/aromatic N) is 2. The summed E-state index contributed by atoms with van der Waals surface area (Å²) < 4.78 is 1.65. The summed E-state index contributed by atoms with van der Waals surface area (Å²) >= 11 is 0. The van der Waals surface area contributed by atoms with E-state index in [0.717, 1.165) is 11.4 Å². The summed E-state index contributed by atoms with van der Waals surface area (Å²) in [6, 6.07) is 1.91. The fourth-order valence-corrected chi connectivity index (χ4v) is 2.18. The van der Waals surface area contributed by atoms with E-state index in [1.165, 1.54) is 0 Å². The van der Waals surface area contributed by atoms with Crippen molar-refractivity contribution in [1.82, 2.24) is 15.1 Å². The quantitative estimate of drug-likeness (QED) is 0.815. The van der Waals surface area contributed by atoms with Crippen LogP contribution in [0.2, 0.25) is 0 Å². The molecule has 1 aliphatic carbocycles. The molecule has 1 fully saturated rings. The van der Waals surface area contributed by atoms with Crippen molar-refractivity contribution in [3.05, 3.63) is 17.5 Å². The average molecular weight is 251 g/mol. The lowest BCUT2D eigenvalue weighted by Crippen LogP contribution is -2.47. The summed E-state index contributed by atoms with van der Waals surface area (Å²) in [6.07, 6.45) is 1.05. The van der Waals surface area contributed by atoms with Crippen LogP contribution >= 0.6 is 0 Å². The summed E-state index contributed by atoms with van der Waals surface area (Å²) in [5.41, 5.74) is 1.83. The topological polar surface area (TPSA) is 84.2 Å². The third-order valence-electron chi connectivity index (χ3n) is 3.25. The van der Waals surface area contributed by atoms with Gasteiger partial charge in [-0.15, -0.1) is 0 Å². The number of amides is 1. The highest BCUT2D eigenvalue weighted by atomic mass is 16.4. The lowest BCUT2D eigenvalue weighted by Gasteiger charge is -2.32. The van der Waals surface area contributed by atoms with E-state index in [9.17, 15) is 9.59 Å². The Labute approximate surface area is 105 Å². The molecule has 6 nitrogen and oxygen atoms in total. The van der Waals surface area contributed by atoms with Crippen LogP contribution in [0.15, 0.2) is 6.07 Å². The molecular formula is C12H17N3O3. The minimum absolute atomic E-state index is 0.00411. The van der Waals surface area contributed by atoms with Crippen molar-refractivity contribution >= 4 is 11.9 Å². The van der Waals surface area contributed by atoms with E-state index in [4.69, 9.17) is 5.11 Å². The zero-order chi connectivity index (χ0) is 13.3. The molecule has 1 aliphatic rings. The fourth-order valence-electron chi connectivity index (χ4n) is 2.18. The second-order valence-corrected chi connectivity index (χ2v) is 4.86. The van der Waals surface area contributed by atoms with Gasteiger partial charge in [-0.3, -0.25) is 14.3 Å². The number of carbonyl (C=O) groups is 2. The van der Waals surface area contributed by atoms with Crippen LogP contribution in [0.5, 0.6) is 0 Å². The molecule has 0 aromatic carbocycles. The Morgan fingerprint density at radius 1 is 1.50 bits per heavy atom. The normalized spacial score (nSPS) is 22.3. The number of aryl methyl sites for hydroxylation is 2. The van der Waals surface area contributed by atoms with Crippen molar-refractivity contribution in [3.63, 3.8) is 0 Å². The summed E-state index contributed by atoms with van der Waals surface area (Å²) in [6.45, 7) is 3.97. The highest BCUT2D eigenvalue weighted by molar-refractivity contribution is 5.77. The molecule has 18 heavy (non-hydrogen) atoms. The average Bonchev–Trinajstić information content (AvgIpc) is 2.50. The molecule has 1 aromatic heterocycles. The first-order valence-electron chi connectivity index (χ1n) is 5.99. The highest BCUT2D eigenvalue weighted by Gasteiger charge is 2.35. The van der Waals surface area contributed by atoms with Crippen molar-refractivity contribution in [3.8, 4) is 0 Å². The molecule has 0 radical (unpaired) electrons. The predicted molar refractivity (Wildman–Crippen MR) is 64.0 cm³/mol. The van der Waals surface area contributed by atoms with Crippen LogP contribution in [0.25, 0.3) is 0 Å². The number of aromatic nitrogens is 2. The van der Waals surface area contributed by atoms with Crippen molar-refractivity contribution in [2.75, 3.05) is 0 Å². The largest absolute Gasteiger partial charge is 0.481 e. The number of carboxylic acids is 1. The van der Waals surface area contributed by atoms with Crippen molar-refractivity contribution < 1.29 is 14.7 Å². The number of carbonyl (C=O) groups excluding carboxylic acids is 1. The van der Waals surface area contributed by atoms with Crippen molar-refractivity contribution in [1.29, 1.82) is 0 Å². The summed E-state index contributed by atoms with van der Waals surface area (Å²) in [7, 11) is 0. The van der Waals surface area contributed by atoms with Gasteiger partial charge >= 0.3 is 5.97 Å². The van der Waals surface area contributed by atoms with Crippen LogP contribution in [0, 0.1) is 19.8 Å². The first-order chi connectivity index (χ1) is 8.45. The van der Waals surface area contributed by atoms with Crippen LogP contribution < -0.4 is 5.32 Å². The second-order valence-electron chi connectivity index (χ2n) is 4.86. The molecule has 0 unspecified atom stereocenters. The number of nitrogens with one attached hydrogen (secondary N) is 1. The van der Waals surface area contributed by atoms with Crippen molar-refractivity contribution in [2.24, 2.45) is 5.92 Å². The Bertz CT molecular complexity index is 475. The van der Waals surface area contributed by atoms with Gasteiger partial charge in [-0.1, -0.05) is 0 Å². The molecule has 2 N–H and O–H groups in total. The maximum Gasteiger partial charge on any atom is 0.306 e. The van der Waals surface area contributed by atoms with Crippen LogP contribution in [0.1, 0.15) is 24.2 Å². The van der Waals surface area contributed by atoms with Gasteiger partial charge in [-0.25, -0.2) is 0 Å². The van der Waals surface area contributed by atoms with Crippen molar-refractivity contribution in [2.45, 2.75) is 39.3 Å². The smallest absolute Gasteiger partial charge is 0.306 e. The Balaban J connectivity index is 1.80. The molecule has 0 aliphatic heterocycles. The van der Waals surface area contributed by atoms with E-state index in [-0.39, 0.29) is 24.4 Å². The van der Waals surface area contributed by atoms with Gasteiger partial charge in [0.25, 0.3) is 0 Å². The molecule has 0 spiro atoms. The molecule has 1 amide bonds. The van der Waals surface area contributed by atoms with Gasteiger partial charge < -0.3 is 10.4 Å². The molecule has 1 saturated carbocycles. The van der Waals surface area contributed by atoms with Crippen LogP contribution in [0.3, 0.4) is 0 Å². The molecule has 0 atom stereocenters. The maximum absolute atomic E-state index is 11.7. The predicted octanol–water partition coefficient (Wildman–Crippen LogP) is 0.479. The first-order valence-corrected chi connectivity index (χ1v) is 5.99. The number of hydrogen-bond donors (Lipinski definition) is 2. The molecule has 6 heteroatoms. The standard InChI is InChI=1S/C12H17N3O3/c1-7-3-8(2)15(14-7)6-11(16)13-10-4-9(5-10)12(17)18/h3,9-10H,4-6H2,1-2H3,(H,13,16)(H,17,18). The molecule has 0 bridgehead atoms. The molecule has 1 aromatic rings. The Morgan fingerprint density at radius 3 is 2.67 bits per heavy atom. The van der Waals surface area contributed by atoms with E-state index < -0.39 is 5.97 Å². The van der Waals surface area contributed by atoms with Gasteiger partial charge in [0.2, 0.25) is 5.91 Å². The van der Waals surface area contributed by atoms with Crippen LogP contribution in [0.4, 0.5) is 0 Å². The van der Waals surface area contributed by atoms with Gasteiger partial charge in [0.15, 0.2) is 0 Å². The van der Waals surface area contributed by atoms with Gasteiger partial charge in [-0.05, 0) is 32.8 Å². The van der Waals surface area contributed by atoms with Gasteiger partial charge in [0.1, 0.15) is 6.54 Å². The van der Waals surface area contributed by atoms with Gasteiger partial charge in [-0.2, -0.15) is 5.10 Å². The molecule has 98 valence electrons. The SMILES string of the molecule is Cc1cc(C)n(CC(=O)NC2CC(C(=O)O)C2)n1. The molecule has 2 rings (SSSR count). The lowest BCUT2D eigenvalue weighted by molar-refractivity contribution is -0.146. The summed E-state index contributed by atoms with van der Waals surface area (Å²) in [5, 5.41) is 15.8. The number of rotatable bonds is 4. The van der Waals surface area contributed by atoms with Gasteiger partial charge in [0.05, 0.1) is 11.6 Å². The molecule has 1 heterocycles. The van der Waals surface area contributed by atoms with E-state index in [1.807, 2.05) is 19.9 Å². The maximum atomic E-state index is 11.7. The Morgan fingerprint density at radius 2 is 2.17 bits per heavy atom. The first kappa shape index (κ1) is 12.6. The zero-order valence-corrected chi connectivity index (χ0v) is 10.5. The number of hydrogen-bond acceptors (Lipinski definition) is 3. The highest BCUT2D eigenvalue weighted by Crippen LogP contribution is 2.27. The zero-order valence-electron chi connectivity index (χ0n) is 10.5. The van der Waals surface area contributed by atoms with Crippen LogP contribution in [-0.4, -0.2) is 32.8 Å². The third-order valence-corrected chi connectivity index (χ3v) is 3.25. The monoisotopic (exact) mass is 251 g/mol. The third kappa shape index (κ3) is 2.69. The van der Waals surface area contributed by atoms with E-state index in [1.54, 1.807) is 4.68 Å². The van der Waals surface area contributed by atoms with Gasteiger partial charge in [0, 0.05) is 11.7 Å². The lowest BCUT2D eigenvalue weighted by atomic mass is 9.80. The minimum atomic E-state index is -0.779. The molecule has 0 saturated heterocycles. The van der Waals surface area contributed by atoms with Crippen LogP contribution in [-0.2, 0) is 16.1 Å². The Kier molecular flexibility index (Phi) is 3.36. The minimum Gasteiger partial charge on any atom is -0.481 e. The van der Waals surface area contributed by atoms with E-state index in [2.05, 4.69) is 10.4 Å². The fraction of sp³-hybridized carbons (Fsp3) is 0.583.